The van der Waals surface area contributed by atoms with Gasteiger partial charge in [0.1, 0.15) is 0 Å². The van der Waals surface area contributed by atoms with Crippen LogP contribution >= 0.6 is 0 Å². The molecule has 3 aromatic rings. The Morgan fingerprint density at radius 3 is 2.17 bits per heavy atom. The molecule has 0 saturated heterocycles. The van der Waals surface area contributed by atoms with E-state index in [2.05, 4.69) is 10.2 Å². The first-order valence-corrected chi connectivity index (χ1v) is 8.75. The Morgan fingerprint density at radius 2 is 1.54 bits per heavy atom. The van der Waals surface area contributed by atoms with Gasteiger partial charge in [0.15, 0.2) is 0 Å². The van der Waals surface area contributed by atoms with Crippen LogP contribution in [0.5, 0.6) is 0 Å². The van der Waals surface area contributed by atoms with Crippen molar-refractivity contribution >= 4 is 10.0 Å². The Balaban J connectivity index is 1.98. The zero-order valence-corrected chi connectivity index (χ0v) is 14.4. The second-order valence-corrected chi connectivity index (χ2v) is 7.75. The van der Waals surface area contributed by atoms with Crippen LogP contribution in [0.2, 0.25) is 0 Å². The first-order chi connectivity index (χ1) is 11.4. The highest BCUT2D eigenvalue weighted by molar-refractivity contribution is 7.89. The molecule has 124 valence electrons. The van der Waals surface area contributed by atoms with E-state index in [1.807, 2.05) is 31.2 Å². The lowest BCUT2D eigenvalue weighted by molar-refractivity contribution is 0.520. The van der Waals surface area contributed by atoms with E-state index in [4.69, 9.17) is 4.42 Å². The van der Waals surface area contributed by atoms with Gasteiger partial charge in [-0.25, -0.2) is 12.7 Å². The zero-order valence-electron chi connectivity index (χ0n) is 13.6. The third-order valence-electron chi connectivity index (χ3n) is 3.58. The molecule has 0 atom stereocenters. The second-order valence-electron chi connectivity index (χ2n) is 5.59. The van der Waals surface area contributed by atoms with Gasteiger partial charge in [-0.15, -0.1) is 10.2 Å². The van der Waals surface area contributed by atoms with Crippen LogP contribution in [0.1, 0.15) is 5.56 Å². The van der Waals surface area contributed by atoms with Crippen LogP contribution in [0.3, 0.4) is 0 Å². The Kier molecular flexibility index (Phi) is 4.21. The standard InChI is InChI=1S/C17H17N3O3S/c1-12-7-9-13(10-8-12)16-18-19-17(23-16)14-5-4-6-15(11-14)24(21,22)20(2)3/h4-11H,1-3H3. The van der Waals surface area contributed by atoms with Crippen molar-refractivity contribution in [2.24, 2.45) is 0 Å². The van der Waals surface area contributed by atoms with Gasteiger partial charge in [0.2, 0.25) is 21.8 Å². The number of aromatic nitrogens is 2. The van der Waals surface area contributed by atoms with Crippen molar-refractivity contribution in [3.05, 3.63) is 54.1 Å². The van der Waals surface area contributed by atoms with Gasteiger partial charge in [0, 0.05) is 25.2 Å². The molecule has 6 nitrogen and oxygen atoms in total. The molecule has 24 heavy (non-hydrogen) atoms. The van der Waals surface area contributed by atoms with Crippen LogP contribution in [-0.2, 0) is 10.0 Å². The van der Waals surface area contributed by atoms with E-state index in [0.717, 1.165) is 15.4 Å². The maximum atomic E-state index is 12.2. The third kappa shape index (κ3) is 3.08. The van der Waals surface area contributed by atoms with Crippen molar-refractivity contribution in [3.8, 4) is 22.9 Å². The molecule has 1 aromatic heterocycles. The first-order valence-electron chi connectivity index (χ1n) is 7.31. The summed E-state index contributed by atoms with van der Waals surface area (Å²) in [5, 5.41) is 8.07. The lowest BCUT2D eigenvalue weighted by Gasteiger charge is -2.11. The van der Waals surface area contributed by atoms with Gasteiger partial charge in [-0.05, 0) is 37.3 Å². The van der Waals surface area contributed by atoms with Gasteiger partial charge in [0.05, 0.1) is 4.90 Å². The van der Waals surface area contributed by atoms with E-state index in [0.29, 0.717) is 11.5 Å². The van der Waals surface area contributed by atoms with Gasteiger partial charge < -0.3 is 4.42 Å². The number of sulfonamides is 1. The topological polar surface area (TPSA) is 76.3 Å². The van der Waals surface area contributed by atoms with Crippen LogP contribution in [0.25, 0.3) is 22.9 Å². The summed E-state index contributed by atoms with van der Waals surface area (Å²) in [4.78, 5) is 0.181. The van der Waals surface area contributed by atoms with Gasteiger partial charge >= 0.3 is 0 Å². The Hall–Kier alpha value is -2.51. The average molecular weight is 343 g/mol. The number of aryl methyl sites for hydroxylation is 1. The van der Waals surface area contributed by atoms with Gasteiger partial charge in [-0.3, -0.25) is 0 Å². The van der Waals surface area contributed by atoms with Gasteiger partial charge in [0.25, 0.3) is 0 Å². The summed E-state index contributed by atoms with van der Waals surface area (Å²) >= 11 is 0. The van der Waals surface area contributed by atoms with Crippen LogP contribution in [0, 0.1) is 6.92 Å². The maximum Gasteiger partial charge on any atom is 0.248 e. The molecule has 3 rings (SSSR count). The maximum absolute atomic E-state index is 12.2. The highest BCUT2D eigenvalue weighted by Crippen LogP contribution is 2.26. The van der Waals surface area contributed by atoms with E-state index in [9.17, 15) is 8.42 Å². The summed E-state index contributed by atoms with van der Waals surface area (Å²) in [5.74, 6) is 0.673. The largest absolute Gasteiger partial charge is 0.416 e. The van der Waals surface area contributed by atoms with Gasteiger partial charge in [-0.1, -0.05) is 23.8 Å². The number of rotatable bonds is 4. The van der Waals surface area contributed by atoms with Crippen molar-refractivity contribution in [2.45, 2.75) is 11.8 Å². The molecule has 0 aliphatic heterocycles. The fourth-order valence-corrected chi connectivity index (χ4v) is 3.10. The molecule has 2 aromatic carbocycles. The summed E-state index contributed by atoms with van der Waals surface area (Å²) in [6.45, 7) is 2.00. The van der Waals surface area contributed by atoms with Crippen molar-refractivity contribution < 1.29 is 12.8 Å². The summed E-state index contributed by atoms with van der Waals surface area (Å²) in [7, 11) is -0.533. The second kappa shape index (κ2) is 6.18. The monoisotopic (exact) mass is 343 g/mol. The molecule has 0 fully saturated rings. The normalized spacial score (nSPS) is 11.8. The van der Waals surface area contributed by atoms with Crippen molar-refractivity contribution in [1.82, 2.24) is 14.5 Å². The van der Waals surface area contributed by atoms with Crippen molar-refractivity contribution in [3.63, 3.8) is 0 Å². The zero-order chi connectivity index (χ0) is 17.3. The molecule has 0 spiro atoms. The highest BCUT2D eigenvalue weighted by Gasteiger charge is 2.19. The smallest absolute Gasteiger partial charge is 0.248 e. The Morgan fingerprint density at radius 1 is 0.917 bits per heavy atom. The van der Waals surface area contributed by atoms with Crippen molar-refractivity contribution in [1.29, 1.82) is 0 Å². The van der Waals surface area contributed by atoms with E-state index in [-0.39, 0.29) is 10.8 Å². The number of hydrogen-bond acceptors (Lipinski definition) is 5. The molecule has 7 heteroatoms. The minimum atomic E-state index is -3.51. The summed E-state index contributed by atoms with van der Waals surface area (Å²) < 4.78 is 31.3. The summed E-state index contributed by atoms with van der Waals surface area (Å²) in [6, 6.07) is 14.2. The van der Waals surface area contributed by atoms with Crippen LogP contribution < -0.4 is 0 Å². The lowest BCUT2D eigenvalue weighted by Crippen LogP contribution is -2.22. The molecule has 0 saturated carbocycles. The minimum absolute atomic E-state index is 0.181. The summed E-state index contributed by atoms with van der Waals surface area (Å²) in [6.07, 6.45) is 0. The fraction of sp³-hybridized carbons (Fsp3) is 0.176. The highest BCUT2D eigenvalue weighted by atomic mass is 32.2. The van der Waals surface area contributed by atoms with E-state index in [1.165, 1.54) is 26.2 Å². The molecule has 0 unspecified atom stereocenters. The van der Waals surface area contributed by atoms with E-state index in [1.54, 1.807) is 12.1 Å². The van der Waals surface area contributed by atoms with Crippen molar-refractivity contribution in [2.75, 3.05) is 14.1 Å². The molecule has 0 aliphatic rings. The third-order valence-corrected chi connectivity index (χ3v) is 5.39. The van der Waals surface area contributed by atoms with Crippen LogP contribution in [-0.4, -0.2) is 37.0 Å². The lowest BCUT2D eigenvalue weighted by atomic mass is 10.1. The number of nitrogens with zero attached hydrogens (tertiary/aromatic N) is 3. The molecule has 0 radical (unpaired) electrons. The molecule has 0 bridgehead atoms. The van der Waals surface area contributed by atoms with E-state index < -0.39 is 10.0 Å². The van der Waals surface area contributed by atoms with Crippen LogP contribution in [0.15, 0.2) is 57.8 Å². The molecular weight excluding hydrogens is 326 g/mol. The number of hydrogen-bond donors (Lipinski definition) is 0. The fourth-order valence-electron chi connectivity index (χ4n) is 2.15. The van der Waals surface area contributed by atoms with Crippen LogP contribution in [0.4, 0.5) is 0 Å². The average Bonchev–Trinajstić information content (AvgIpc) is 3.05. The SMILES string of the molecule is Cc1ccc(-c2nnc(-c3cccc(S(=O)(=O)N(C)C)c3)o2)cc1. The molecule has 0 N–H and O–H groups in total. The van der Waals surface area contributed by atoms with Gasteiger partial charge in [-0.2, -0.15) is 0 Å². The first kappa shape index (κ1) is 16.4. The molecule has 0 aliphatic carbocycles. The quantitative estimate of drug-likeness (QED) is 0.728. The predicted molar refractivity (Wildman–Crippen MR) is 90.8 cm³/mol. The van der Waals surface area contributed by atoms with E-state index >= 15 is 0 Å². The predicted octanol–water partition coefficient (Wildman–Crippen LogP) is 2.96. The molecule has 1 heterocycles. The summed E-state index contributed by atoms with van der Waals surface area (Å²) in [5.41, 5.74) is 2.51. The number of benzene rings is 2. The Labute approximate surface area is 140 Å². The molecule has 0 amide bonds. The minimum Gasteiger partial charge on any atom is -0.416 e. The Bertz CT molecular complexity index is 961. The molecular formula is C17H17N3O3S.